The van der Waals surface area contributed by atoms with Crippen molar-refractivity contribution >= 4 is 40.7 Å². The van der Waals surface area contributed by atoms with Gasteiger partial charge in [-0.05, 0) is 73.9 Å². The van der Waals surface area contributed by atoms with E-state index in [-0.39, 0.29) is 5.91 Å². The van der Waals surface area contributed by atoms with Gasteiger partial charge in [-0.1, -0.05) is 30.0 Å². The average molecular weight is 475 g/mol. The van der Waals surface area contributed by atoms with Gasteiger partial charge >= 0.3 is 0 Å². The summed E-state index contributed by atoms with van der Waals surface area (Å²) < 4.78 is 6.00. The maximum Gasteiger partial charge on any atom is 0.243 e. The molecular weight excluding hydrogens is 448 g/mol. The Bertz CT molecular complexity index is 1260. The van der Waals surface area contributed by atoms with Crippen LogP contribution in [0.2, 0.25) is 0 Å². The first-order valence-electron chi connectivity index (χ1n) is 11.1. The number of nitrogens with zero attached hydrogens (tertiary/aromatic N) is 2. The molecule has 4 aromatic rings. The molecule has 2 aromatic heterocycles. The summed E-state index contributed by atoms with van der Waals surface area (Å²) in [5.41, 5.74) is 4.38. The first-order chi connectivity index (χ1) is 16.7. The third-order valence-electron chi connectivity index (χ3n) is 5.17. The van der Waals surface area contributed by atoms with E-state index in [0.29, 0.717) is 13.0 Å². The van der Waals surface area contributed by atoms with Crippen LogP contribution >= 0.6 is 11.8 Å². The van der Waals surface area contributed by atoms with Crippen LogP contribution in [-0.4, -0.2) is 32.9 Å². The van der Waals surface area contributed by atoms with E-state index in [0.717, 1.165) is 57.1 Å². The predicted molar refractivity (Wildman–Crippen MR) is 134 cm³/mol. The van der Waals surface area contributed by atoms with Gasteiger partial charge in [-0.2, -0.15) is 5.10 Å². The normalized spacial score (nSPS) is 11.2. The number of carbonyl (C=O) groups is 1. The molecule has 0 saturated heterocycles. The average Bonchev–Trinajstić information content (AvgIpc) is 3.28. The Morgan fingerprint density at radius 3 is 2.79 bits per heavy atom. The van der Waals surface area contributed by atoms with Gasteiger partial charge in [0.25, 0.3) is 0 Å². The summed E-state index contributed by atoms with van der Waals surface area (Å²) in [6.07, 6.45) is 8.42. The van der Waals surface area contributed by atoms with E-state index in [1.54, 1.807) is 23.4 Å². The molecule has 1 amide bonds. The lowest BCUT2D eigenvalue weighted by Gasteiger charge is -2.11. The van der Waals surface area contributed by atoms with Gasteiger partial charge in [0.15, 0.2) is 0 Å². The minimum absolute atomic E-state index is 0.319. The van der Waals surface area contributed by atoms with Crippen molar-refractivity contribution in [2.24, 2.45) is 0 Å². The molecule has 34 heavy (non-hydrogen) atoms. The Labute approximate surface area is 202 Å². The highest BCUT2D eigenvalue weighted by Gasteiger charge is 2.09. The van der Waals surface area contributed by atoms with Crippen molar-refractivity contribution < 1.29 is 14.7 Å². The largest absolute Gasteiger partial charge is 0.492 e. The summed E-state index contributed by atoms with van der Waals surface area (Å²) in [7, 11) is 0. The Morgan fingerprint density at radius 2 is 1.94 bits per heavy atom. The lowest BCUT2D eigenvalue weighted by atomic mass is 10.2. The van der Waals surface area contributed by atoms with Crippen LogP contribution in [0.4, 0.5) is 0 Å². The highest BCUT2D eigenvalue weighted by Crippen LogP contribution is 2.36. The first-order valence-corrected chi connectivity index (χ1v) is 11.9. The molecule has 2 heterocycles. The van der Waals surface area contributed by atoms with E-state index in [4.69, 9.17) is 9.94 Å². The van der Waals surface area contributed by atoms with Gasteiger partial charge < -0.3 is 4.74 Å². The van der Waals surface area contributed by atoms with Crippen LogP contribution in [0.3, 0.4) is 0 Å². The number of unbranched alkanes of at least 4 members (excludes halogenated alkanes) is 2. The van der Waals surface area contributed by atoms with Crippen LogP contribution in [-0.2, 0) is 4.79 Å². The summed E-state index contributed by atoms with van der Waals surface area (Å²) in [5.74, 6) is 0.484. The van der Waals surface area contributed by atoms with Crippen LogP contribution < -0.4 is 10.2 Å². The first kappa shape index (κ1) is 23.5. The number of benzene rings is 2. The summed E-state index contributed by atoms with van der Waals surface area (Å²) in [6.45, 7) is 0.573. The fraction of sp³-hybridized carbons (Fsp3) is 0.192. The number of nitrogens with one attached hydrogen (secondary N) is 2. The molecule has 0 fully saturated rings. The number of rotatable bonds is 11. The van der Waals surface area contributed by atoms with Crippen LogP contribution in [0.1, 0.15) is 37.1 Å². The van der Waals surface area contributed by atoms with Gasteiger partial charge in [0.2, 0.25) is 5.91 Å². The van der Waals surface area contributed by atoms with E-state index in [2.05, 4.69) is 33.4 Å². The minimum atomic E-state index is -0.353. The predicted octanol–water partition coefficient (Wildman–Crippen LogP) is 5.72. The summed E-state index contributed by atoms with van der Waals surface area (Å²) in [4.78, 5) is 17.5. The van der Waals surface area contributed by atoms with Crippen LogP contribution in [0.5, 0.6) is 5.75 Å². The summed E-state index contributed by atoms with van der Waals surface area (Å²) in [5, 5.41) is 17.1. The zero-order valence-corrected chi connectivity index (χ0v) is 19.4. The number of hydroxylamine groups is 1. The number of ether oxygens (including phenoxy) is 1. The molecule has 7 nitrogen and oxygen atoms in total. The van der Waals surface area contributed by atoms with E-state index in [9.17, 15) is 4.79 Å². The van der Waals surface area contributed by atoms with Crippen molar-refractivity contribution in [2.45, 2.75) is 35.5 Å². The maximum atomic E-state index is 11.1. The van der Waals surface area contributed by atoms with Gasteiger partial charge in [-0.25, -0.2) is 5.48 Å². The van der Waals surface area contributed by atoms with Crippen molar-refractivity contribution in [1.29, 1.82) is 0 Å². The lowest BCUT2D eigenvalue weighted by molar-refractivity contribution is -0.129. The fourth-order valence-corrected chi connectivity index (χ4v) is 4.37. The van der Waals surface area contributed by atoms with Crippen molar-refractivity contribution in [3.8, 4) is 5.75 Å². The van der Waals surface area contributed by atoms with Crippen molar-refractivity contribution in [2.75, 3.05) is 6.61 Å². The van der Waals surface area contributed by atoms with Gasteiger partial charge in [-0.3, -0.25) is 20.1 Å². The monoisotopic (exact) mass is 474 g/mol. The fourth-order valence-electron chi connectivity index (χ4n) is 3.43. The number of aromatic nitrogens is 3. The number of hydrogen-bond acceptors (Lipinski definition) is 6. The van der Waals surface area contributed by atoms with Gasteiger partial charge in [-0.15, -0.1) is 0 Å². The topological polar surface area (TPSA) is 100 Å². The molecule has 0 radical (unpaired) electrons. The molecule has 4 rings (SSSR count). The second-order valence-corrected chi connectivity index (χ2v) is 8.76. The Hall–Kier alpha value is -3.62. The van der Waals surface area contributed by atoms with E-state index in [1.165, 1.54) is 0 Å². The molecule has 8 heteroatoms. The second kappa shape index (κ2) is 12.0. The van der Waals surface area contributed by atoms with Crippen LogP contribution in [0, 0.1) is 0 Å². The zero-order valence-electron chi connectivity index (χ0n) is 18.6. The Morgan fingerprint density at radius 1 is 1.06 bits per heavy atom. The highest BCUT2D eigenvalue weighted by atomic mass is 32.2. The molecule has 0 bridgehead atoms. The Kier molecular flexibility index (Phi) is 8.32. The SMILES string of the molecule is O=C(CCCCCOc1ccccc1Sc1ccc2c(C=Cc3ccccn3)n[nH]c2c1)NO. The van der Waals surface area contributed by atoms with E-state index in [1.807, 2.05) is 54.6 Å². The van der Waals surface area contributed by atoms with Crippen molar-refractivity contribution in [3.63, 3.8) is 0 Å². The number of fused-ring (bicyclic) bond motifs is 1. The molecule has 0 saturated carbocycles. The van der Waals surface area contributed by atoms with Crippen LogP contribution in [0.15, 0.2) is 76.7 Å². The third kappa shape index (κ3) is 6.46. The molecule has 0 aliphatic carbocycles. The van der Waals surface area contributed by atoms with E-state index >= 15 is 0 Å². The molecule has 0 spiro atoms. The number of para-hydroxylation sites is 1. The molecule has 174 valence electrons. The van der Waals surface area contributed by atoms with Crippen molar-refractivity contribution in [1.82, 2.24) is 20.7 Å². The standard InChI is InChI=1S/C26H26N4O3S/c31-26(30-32)11-2-1-7-17-33-24-9-3-4-10-25(24)34-20-13-14-21-22(28-29-23(21)18-20)15-12-19-8-5-6-16-27-19/h3-6,8-10,12-16,18,32H,1-2,7,11,17H2,(H,28,29)(H,30,31). The molecule has 0 aliphatic heterocycles. The molecule has 3 N–H and O–H groups in total. The number of pyridine rings is 1. The van der Waals surface area contributed by atoms with E-state index < -0.39 is 0 Å². The summed E-state index contributed by atoms with van der Waals surface area (Å²) >= 11 is 1.64. The van der Waals surface area contributed by atoms with Gasteiger partial charge in [0.05, 0.1) is 28.4 Å². The summed E-state index contributed by atoms with van der Waals surface area (Å²) in [6, 6.07) is 20.0. The lowest BCUT2D eigenvalue weighted by Crippen LogP contribution is -2.17. The molecule has 0 aliphatic rings. The molecular formula is C26H26N4O3S. The number of H-pyrrole nitrogens is 1. The van der Waals surface area contributed by atoms with Gasteiger partial charge in [0.1, 0.15) is 5.75 Å². The molecule has 0 atom stereocenters. The number of amides is 1. The van der Waals surface area contributed by atoms with Gasteiger partial charge in [0, 0.05) is 22.9 Å². The maximum absolute atomic E-state index is 11.1. The highest BCUT2D eigenvalue weighted by molar-refractivity contribution is 7.99. The smallest absolute Gasteiger partial charge is 0.243 e. The number of hydrogen-bond donors (Lipinski definition) is 3. The quantitative estimate of drug-likeness (QED) is 0.146. The molecule has 0 unspecified atom stereocenters. The number of carbonyl (C=O) groups excluding carboxylic acids is 1. The zero-order chi connectivity index (χ0) is 23.6. The minimum Gasteiger partial charge on any atom is -0.492 e. The third-order valence-corrected chi connectivity index (χ3v) is 6.22. The van der Waals surface area contributed by atoms with Crippen molar-refractivity contribution in [3.05, 3.63) is 78.2 Å². The Balaban J connectivity index is 1.37. The number of aromatic amines is 1. The second-order valence-electron chi connectivity index (χ2n) is 7.65. The molecule has 2 aromatic carbocycles. The van der Waals surface area contributed by atoms with Crippen LogP contribution in [0.25, 0.3) is 23.1 Å².